The van der Waals surface area contributed by atoms with E-state index >= 15 is 0 Å². The number of halogens is 1. The number of hydrogen-bond donors (Lipinski definition) is 1. The number of rotatable bonds is 8. The molecule has 0 saturated carbocycles. The summed E-state index contributed by atoms with van der Waals surface area (Å²) in [5.41, 5.74) is 1.39. The molecule has 1 aliphatic rings. The fourth-order valence-corrected chi connectivity index (χ4v) is 3.86. The maximum atomic E-state index is 12.6. The lowest BCUT2D eigenvalue weighted by atomic mass is 10.0. The van der Waals surface area contributed by atoms with Crippen LogP contribution in [0.15, 0.2) is 42.5 Å². The molecule has 1 N–H and O–H groups in total. The zero-order valence-corrected chi connectivity index (χ0v) is 19.2. The van der Waals surface area contributed by atoms with E-state index in [-0.39, 0.29) is 18.4 Å². The van der Waals surface area contributed by atoms with Crippen molar-refractivity contribution in [1.82, 2.24) is 9.80 Å². The first kappa shape index (κ1) is 23.8. The Kier molecular flexibility index (Phi) is 8.33. The summed E-state index contributed by atoms with van der Waals surface area (Å²) in [5.74, 6) is 0.731. The van der Waals surface area contributed by atoms with Crippen LogP contribution in [-0.2, 0) is 14.3 Å². The van der Waals surface area contributed by atoms with Crippen LogP contribution in [0.25, 0.3) is 0 Å². The summed E-state index contributed by atoms with van der Waals surface area (Å²) in [6, 6.07) is 11.9. The van der Waals surface area contributed by atoms with E-state index in [9.17, 15) is 9.59 Å². The van der Waals surface area contributed by atoms with Gasteiger partial charge in [0, 0.05) is 37.3 Å². The first-order chi connectivity index (χ1) is 15.4. The average molecular weight is 462 g/mol. The minimum Gasteiger partial charge on any atom is -0.497 e. The summed E-state index contributed by atoms with van der Waals surface area (Å²) in [5, 5.41) is 3.50. The van der Waals surface area contributed by atoms with Crippen LogP contribution in [0.3, 0.4) is 0 Å². The third kappa shape index (κ3) is 5.91. The molecule has 32 heavy (non-hydrogen) atoms. The standard InChI is InChI=1S/C23H28ClN3O5/c1-30-18-8-9-20(31-2)19(14-18)25-21(28)15-26-10-12-27(13-11-26)22(23(29)32-3)16-4-6-17(24)7-5-16/h4-9,14,22H,10-13,15H2,1-3H3,(H,25,28). The molecule has 0 bridgehead atoms. The number of hydrogen-bond acceptors (Lipinski definition) is 7. The summed E-state index contributed by atoms with van der Waals surface area (Å²) in [6.45, 7) is 2.77. The Hall–Kier alpha value is -2.81. The van der Waals surface area contributed by atoms with Gasteiger partial charge in [-0.1, -0.05) is 23.7 Å². The Morgan fingerprint density at radius 3 is 2.28 bits per heavy atom. The molecule has 0 spiro atoms. The zero-order chi connectivity index (χ0) is 23.1. The fraction of sp³-hybridized carbons (Fsp3) is 0.391. The molecule has 2 aromatic rings. The first-order valence-corrected chi connectivity index (χ1v) is 10.6. The highest BCUT2D eigenvalue weighted by Crippen LogP contribution is 2.29. The van der Waals surface area contributed by atoms with Crippen molar-refractivity contribution in [2.75, 3.05) is 59.4 Å². The number of carbonyl (C=O) groups is 2. The smallest absolute Gasteiger partial charge is 0.327 e. The number of nitrogens with one attached hydrogen (secondary N) is 1. The number of piperazine rings is 1. The van der Waals surface area contributed by atoms with Crippen molar-refractivity contribution in [2.45, 2.75) is 6.04 Å². The molecule has 0 aromatic heterocycles. The summed E-state index contributed by atoms with van der Waals surface area (Å²) in [4.78, 5) is 29.2. The fourth-order valence-electron chi connectivity index (χ4n) is 3.74. The number of anilines is 1. The summed E-state index contributed by atoms with van der Waals surface area (Å²) < 4.78 is 15.6. The largest absolute Gasteiger partial charge is 0.497 e. The monoisotopic (exact) mass is 461 g/mol. The molecule has 1 aliphatic heterocycles. The molecule has 9 heteroatoms. The Morgan fingerprint density at radius 2 is 1.69 bits per heavy atom. The lowest BCUT2D eigenvalue weighted by Gasteiger charge is -2.38. The van der Waals surface area contributed by atoms with Gasteiger partial charge >= 0.3 is 5.97 Å². The van der Waals surface area contributed by atoms with Gasteiger partial charge in [0.25, 0.3) is 0 Å². The Balaban J connectivity index is 1.59. The molecule has 172 valence electrons. The normalized spacial score (nSPS) is 15.6. The number of esters is 1. The van der Waals surface area contributed by atoms with E-state index in [0.717, 1.165) is 5.56 Å². The molecular formula is C23H28ClN3O5. The Labute approximate surface area is 193 Å². The van der Waals surface area contributed by atoms with Gasteiger partial charge in [-0.3, -0.25) is 14.6 Å². The highest BCUT2D eigenvalue weighted by Gasteiger charge is 2.31. The van der Waals surface area contributed by atoms with Crippen molar-refractivity contribution in [2.24, 2.45) is 0 Å². The van der Waals surface area contributed by atoms with Crippen LogP contribution in [0.2, 0.25) is 5.02 Å². The van der Waals surface area contributed by atoms with Crippen molar-refractivity contribution in [3.63, 3.8) is 0 Å². The number of methoxy groups -OCH3 is 3. The topological polar surface area (TPSA) is 80.3 Å². The van der Waals surface area contributed by atoms with Gasteiger partial charge in [0.05, 0.1) is 33.6 Å². The van der Waals surface area contributed by atoms with Crippen LogP contribution >= 0.6 is 11.6 Å². The van der Waals surface area contributed by atoms with Crippen molar-refractivity contribution in [3.8, 4) is 11.5 Å². The number of amides is 1. The van der Waals surface area contributed by atoms with E-state index < -0.39 is 6.04 Å². The number of ether oxygens (including phenoxy) is 3. The van der Waals surface area contributed by atoms with E-state index in [0.29, 0.717) is 48.4 Å². The molecular weight excluding hydrogens is 434 g/mol. The SMILES string of the molecule is COC(=O)C(c1ccc(Cl)cc1)N1CCN(CC(=O)Nc2cc(OC)ccc2OC)CC1. The van der Waals surface area contributed by atoms with Gasteiger partial charge in [0.2, 0.25) is 5.91 Å². The highest BCUT2D eigenvalue weighted by atomic mass is 35.5. The third-order valence-electron chi connectivity index (χ3n) is 5.43. The third-order valence-corrected chi connectivity index (χ3v) is 5.68. The predicted octanol–water partition coefficient (Wildman–Crippen LogP) is 2.83. The molecule has 8 nitrogen and oxygen atoms in total. The summed E-state index contributed by atoms with van der Waals surface area (Å²) in [7, 11) is 4.51. The highest BCUT2D eigenvalue weighted by molar-refractivity contribution is 6.30. The van der Waals surface area contributed by atoms with E-state index in [1.54, 1.807) is 44.6 Å². The minimum absolute atomic E-state index is 0.146. The molecule has 1 saturated heterocycles. The van der Waals surface area contributed by atoms with E-state index in [1.807, 2.05) is 12.1 Å². The van der Waals surface area contributed by atoms with Crippen LogP contribution in [0, 0.1) is 0 Å². The molecule has 1 atom stereocenters. The van der Waals surface area contributed by atoms with Crippen molar-refractivity contribution in [1.29, 1.82) is 0 Å². The Morgan fingerprint density at radius 1 is 1.00 bits per heavy atom. The van der Waals surface area contributed by atoms with Crippen LogP contribution in [0.1, 0.15) is 11.6 Å². The van der Waals surface area contributed by atoms with Crippen molar-refractivity contribution in [3.05, 3.63) is 53.1 Å². The Bertz CT molecular complexity index is 930. The van der Waals surface area contributed by atoms with Crippen molar-refractivity contribution < 1.29 is 23.8 Å². The molecule has 2 aromatic carbocycles. The molecule has 1 heterocycles. The van der Waals surface area contributed by atoms with Gasteiger partial charge in [-0.05, 0) is 29.8 Å². The first-order valence-electron chi connectivity index (χ1n) is 10.3. The van der Waals surface area contributed by atoms with Crippen LogP contribution in [-0.4, -0.2) is 75.7 Å². The van der Waals surface area contributed by atoms with E-state index in [4.69, 9.17) is 25.8 Å². The molecule has 0 radical (unpaired) electrons. The van der Waals surface area contributed by atoms with E-state index in [2.05, 4.69) is 15.1 Å². The second-order valence-electron chi connectivity index (χ2n) is 7.40. The second-order valence-corrected chi connectivity index (χ2v) is 7.84. The van der Waals surface area contributed by atoms with Gasteiger partial charge in [-0.2, -0.15) is 0 Å². The number of nitrogens with zero attached hydrogens (tertiary/aromatic N) is 2. The maximum Gasteiger partial charge on any atom is 0.327 e. The van der Waals surface area contributed by atoms with Gasteiger partial charge in [0.1, 0.15) is 17.5 Å². The van der Waals surface area contributed by atoms with Crippen LogP contribution in [0.4, 0.5) is 5.69 Å². The predicted molar refractivity (Wildman–Crippen MR) is 122 cm³/mol. The molecule has 3 rings (SSSR count). The average Bonchev–Trinajstić information content (AvgIpc) is 2.81. The second kappa shape index (κ2) is 11.2. The summed E-state index contributed by atoms with van der Waals surface area (Å²) >= 11 is 5.99. The van der Waals surface area contributed by atoms with Crippen LogP contribution < -0.4 is 14.8 Å². The summed E-state index contributed by atoms with van der Waals surface area (Å²) in [6.07, 6.45) is 0. The molecule has 0 aliphatic carbocycles. The van der Waals surface area contributed by atoms with Gasteiger partial charge in [-0.15, -0.1) is 0 Å². The maximum absolute atomic E-state index is 12.6. The van der Waals surface area contributed by atoms with Crippen LogP contribution in [0.5, 0.6) is 11.5 Å². The lowest BCUT2D eigenvalue weighted by molar-refractivity contribution is -0.148. The van der Waals surface area contributed by atoms with Gasteiger partial charge in [-0.25, -0.2) is 4.79 Å². The van der Waals surface area contributed by atoms with Gasteiger partial charge < -0.3 is 19.5 Å². The van der Waals surface area contributed by atoms with Crippen molar-refractivity contribution >= 4 is 29.2 Å². The molecule has 1 unspecified atom stereocenters. The lowest BCUT2D eigenvalue weighted by Crippen LogP contribution is -2.51. The van der Waals surface area contributed by atoms with Gasteiger partial charge in [0.15, 0.2) is 0 Å². The zero-order valence-electron chi connectivity index (χ0n) is 18.5. The quantitative estimate of drug-likeness (QED) is 0.605. The van der Waals surface area contributed by atoms with E-state index in [1.165, 1.54) is 7.11 Å². The minimum atomic E-state index is -0.505. The number of carbonyl (C=O) groups excluding carboxylic acids is 2. The number of benzene rings is 2. The molecule has 1 amide bonds. The molecule has 1 fully saturated rings.